The third-order valence-electron chi connectivity index (χ3n) is 6.10. The molecule has 5 heteroatoms. The van der Waals surface area contributed by atoms with Gasteiger partial charge in [0.25, 0.3) is 0 Å². The second-order valence-electron chi connectivity index (χ2n) is 8.55. The van der Waals surface area contributed by atoms with Gasteiger partial charge in [-0.05, 0) is 55.9 Å². The Hall–Kier alpha value is -2.69. The van der Waals surface area contributed by atoms with E-state index in [1.165, 1.54) is 17.7 Å². The van der Waals surface area contributed by atoms with Gasteiger partial charge in [0.05, 0.1) is 0 Å². The molecule has 1 saturated carbocycles. The Morgan fingerprint density at radius 3 is 2.26 bits per heavy atom. The summed E-state index contributed by atoms with van der Waals surface area (Å²) < 4.78 is 13.4. The van der Waals surface area contributed by atoms with Crippen molar-refractivity contribution in [2.45, 2.75) is 77.4 Å². The summed E-state index contributed by atoms with van der Waals surface area (Å²) in [6.45, 7) is 4.27. The summed E-state index contributed by atoms with van der Waals surface area (Å²) in [5, 5.41) is 3.15. The molecule has 0 unspecified atom stereocenters. The average Bonchev–Trinajstić information content (AvgIpc) is 3.27. The fourth-order valence-corrected chi connectivity index (χ4v) is 4.22. The molecule has 2 aromatic rings. The minimum absolute atomic E-state index is 0.0571. The van der Waals surface area contributed by atoms with Crippen molar-refractivity contribution in [3.8, 4) is 0 Å². The van der Waals surface area contributed by atoms with E-state index in [0.29, 0.717) is 25.8 Å². The van der Waals surface area contributed by atoms with Crippen LogP contribution >= 0.6 is 0 Å². The van der Waals surface area contributed by atoms with Crippen LogP contribution in [0.1, 0.15) is 62.1 Å². The van der Waals surface area contributed by atoms with Gasteiger partial charge in [0.2, 0.25) is 11.8 Å². The van der Waals surface area contributed by atoms with Gasteiger partial charge in [-0.3, -0.25) is 9.59 Å². The van der Waals surface area contributed by atoms with Crippen LogP contribution in [0.15, 0.2) is 48.5 Å². The summed E-state index contributed by atoms with van der Waals surface area (Å²) in [6, 6.07) is 14.0. The Kier molecular flexibility index (Phi) is 8.21. The second-order valence-corrected chi connectivity index (χ2v) is 8.55. The zero-order chi connectivity index (χ0) is 22.2. The molecule has 0 heterocycles. The van der Waals surface area contributed by atoms with Gasteiger partial charge < -0.3 is 10.2 Å². The van der Waals surface area contributed by atoms with Crippen LogP contribution in [0.5, 0.6) is 0 Å². The molecule has 4 nitrogen and oxygen atoms in total. The van der Waals surface area contributed by atoms with Crippen LogP contribution in [0.4, 0.5) is 4.39 Å². The maximum atomic E-state index is 13.4. The first kappa shape index (κ1) is 23.0. The highest BCUT2D eigenvalue weighted by molar-refractivity contribution is 5.88. The number of nitrogens with one attached hydrogen (secondary N) is 1. The molecule has 0 aliphatic heterocycles. The number of amides is 2. The van der Waals surface area contributed by atoms with E-state index >= 15 is 0 Å². The number of hydrogen-bond donors (Lipinski definition) is 1. The Morgan fingerprint density at radius 1 is 1.03 bits per heavy atom. The van der Waals surface area contributed by atoms with Crippen LogP contribution < -0.4 is 5.32 Å². The largest absolute Gasteiger partial charge is 0.352 e. The highest BCUT2D eigenvalue weighted by Gasteiger charge is 2.30. The zero-order valence-electron chi connectivity index (χ0n) is 18.6. The summed E-state index contributed by atoms with van der Waals surface area (Å²) in [7, 11) is 0. The summed E-state index contributed by atoms with van der Waals surface area (Å²) in [5.74, 6) is -0.453. The molecular formula is C26H33FN2O2. The Labute approximate surface area is 184 Å². The van der Waals surface area contributed by atoms with Gasteiger partial charge >= 0.3 is 0 Å². The van der Waals surface area contributed by atoms with Crippen LogP contribution in [0.3, 0.4) is 0 Å². The van der Waals surface area contributed by atoms with Gasteiger partial charge in [0.15, 0.2) is 0 Å². The van der Waals surface area contributed by atoms with Crippen molar-refractivity contribution < 1.29 is 14.0 Å². The molecule has 1 fully saturated rings. The third-order valence-corrected chi connectivity index (χ3v) is 6.10. The predicted octanol–water partition coefficient (Wildman–Crippen LogP) is 4.93. The van der Waals surface area contributed by atoms with Crippen LogP contribution in [0, 0.1) is 12.7 Å². The normalized spacial score (nSPS) is 14.9. The van der Waals surface area contributed by atoms with Gasteiger partial charge in [-0.2, -0.15) is 0 Å². The van der Waals surface area contributed by atoms with E-state index in [4.69, 9.17) is 0 Å². The molecule has 1 N–H and O–H groups in total. The molecular weight excluding hydrogens is 391 g/mol. The smallest absolute Gasteiger partial charge is 0.243 e. The molecule has 1 atom stereocenters. The van der Waals surface area contributed by atoms with Crippen LogP contribution in [0.25, 0.3) is 0 Å². The number of halogens is 1. The van der Waals surface area contributed by atoms with Crippen molar-refractivity contribution in [2.75, 3.05) is 0 Å². The zero-order valence-corrected chi connectivity index (χ0v) is 18.6. The maximum absolute atomic E-state index is 13.4. The van der Waals surface area contributed by atoms with Crippen molar-refractivity contribution in [3.63, 3.8) is 0 Å². The molecule has 3 rings (SSSR count). The lowest BCUT2D eigenvalue weighted by Gasteiger charge is -2.31. The van der Waals surface area contributed by atoms with Gasteiger partial charge in [-0.15, -0.1) is 0 Å². The summed E-state index contributed by atoms with van der Waals surface area (Å²) in [4.78, 5) is 28.0. The lowest BCUT2D eigenvalue weighted by molar-refractivity contribution is -0.141. The van der Waals surface area contributed by atoms with E-state index < -0.39 is 6.04 Å². The lowest BCUT2D eigenvalue weighted by atomic mass is 10.0. The average molecular weight is 425 g/mol. The molecule has 0 bridgehead atoms. The third kappa shape index (κ3) is 6.65. The lowest BCUT2D eigenvalue weighted by Crippen LogP contribution is -2.51. The number of rotatable bonds is 9. The Bertz CT molecular complexity index is 858. The molecule has 31 heavy (non-hydrogen) atoms. The van der Waals surface area contributed by atoms with Gasteiger partial charge in [-0.1, -0.05) is 61.7 Å². The molecule has 2 amide bonds. The Balaban J connectivity index is 1.74. The molecule has 1 aliphatic carbocycles. The number of carbonyl (C=O) groups excluding carboxylic acids is 2. The minimum Gasteiger partial charge on any atom is -0.352 e. The summed E-state index contributed by atoms with van der Waals surface area (Å²) in [6.07, 6.45) is 5.77. The van der Waals surface area contributed by atoms with Gasteiger partial charge in [0.1, 0.15) is 11.9 Å². The van der Waals surface area contributed by atoms with Gasteiger partial charge in [-0.25, -0.2) is 4.39 Å². The van der Waals surface area contributed by atoms with Crippen LogP contribution in [-0.2, 0) is 22.6 Å². The van der Waals surface area contributed by atoms with E-state index in [1.807, 2.05) is 38.1 Å². The first-order valence-corrected chi connectivity index (χ1v) is 11.4. The highest BCUT2D eigenvalue weighted by atomic mass is 19.1. The number of hydrogen-bond acceptors (Lipinski definition) is 2. The molecule has 0 radical (unpaired) electrons. The summed E-state index contributed by atoms with van der Waals surface area (Å²) in [5.41, 5.74) is 3.10. The van der Waals surface area contributed by atoms with Crippen LogP contribution in [-0.4, -0.2) is 28.8 Å². The van der Waals surface area contributed by atoms with E-state index in [0.717, 1.165) is 36.8 Å². The topological polar surface area (TPSA) is 49.4 Å². The minimum atomic E-state index is -0.531. The predicted molar refractivity (Wildman–Crippen MR) is 121 cm³/mol. The monoisotopic (exact) mass is 424 g/mol. The molecule has 0 aromatic heterocycles. The fraction of sp³-hybridized carbons (Fsp3) is 0.462. The van der Waals surface area contributed by atoms with E-state index in [1.54, 1.807) is 17.0 Å². The van der Waals surface area contributed by atoms with E-state index in [-0.39, 0.29) is 23.7 Å². The number of carbonyl (C=O) groups is 2. The molecule has 2 aromatic carbocycles. The van der Waals surface area contributed by atoms with Crippen molar-refractivity contribution in [1.82, 2.24) is 10.2 Å². The molecule has 1 aliphatic rings. The molecule has 0 spiro atoms. The fourth-order valence-electron chi connectivity index (χ4n) is 4.22. The van der Waals surface area contributed by atoms with Crippen molar-refractivity contribution >= 4 is 11.8 Å². The maximum Gasteiger partial charge on any atom is 0.243 e. The standard InChI is InChI=1S/C26H33FN2O2/c1-3-24(26(31)28-23-6-4-5-7-23)29(18-21-12-15-22(27)16-13-21)25(30)17-14-20-10-8-19(2)9-11-20/h8-13,15-16,23-24H,3-7,14,17-18H2,1-2H3,(H,28,31)/t24-/m1/s1. The number of nitrogens with zero attached hydrogens (tertiary/aromatic N) is 1. The van der Waals surface area contributed by atoms with E-state index in [9.17, 15) is 14.0 Å². The first-order valence-electron chi connectivity index (χ1n) is 11.4. The quantitative estimate of drug-likeness (QED) is 0.620. The second kappa shape index (κ2) is 11.1. The number of benzene rings is 2. The first-order chi connectivity index (χ1) is 15.0. The van der Waals surface area contributed by atoms with Crippen molar-refractivity contribution in [3.05, 3.63) is 71.0 Å². The van der Waals surface area contributed by atoms with Crippen molar-refractivity contribution in [2.24, 2.45) is 0 Å². The number of aryl methyl sites for hydroxylation is 2. The molecule has 166 valence electrons. The highest BCUT2D eigenvalue weighted by Crippen LogP contribution is 2.20. The summed E-state index contributed by atoms with van der Waals surface area (Å²) >= 11 is 0. The van der Waals surface area contributed by atoms with E-state index in [2.05, 4.69) is 5.32 Å². The molecule has 0 saturated heterocycles. The van der Waals surface area contributed by atoms with Crippen molar-refractivity contribution in [1.29, 1.82) is 0 Å². The SMILES string of the molecule is CC[C@H](C(=O)NC1CCCC1)N(Cc1ccc(F)cc1)C(=O)CCc1ccc(C)cc1. The Morgan fingerprint density at radius 2 is 1.65 bits per heavy atom. The van der Waals surface area contributed by atoms with Crippen LogP contribution in [0.2, 0.25) is 0 Å². The van der Waals surface area contributed by atoms with Gasteiger partial charge in [0, 0.05) is 19.0 Å².